The van der Waals surface area contributed by atoms with Crippen LogP contribution in [0.4, 0.5) is 0 Å². The van der Waals surface area contributed by atoms with Crippen molar-refractivity contribution in [3.63, 3.8) is 0 Å². The fourth-order valence-corrected chi connectivity index (χ4v) is 7.64. The Bertz CT molecular complexity index is 1440. The second kappa shape index (κ2) is 12.0. The Labute approximate surface area is 238 Å². The normalized spacial score (nSPS) is 22.2. The van der Waals surface area contributed by atoms with Crippen molar-refractivity contribution in [2.75, 3.05) is 19.8 Å². The second-order valence-electron chi connectivity index (χ2n) is 11.8. The molecular weight excluding hydrogens is 522 g/mol. The second-order valence-corrected chi connectivity index (χ2v) is 13.6. The van der Waals surface area contributed by atoms with Gasteiger partial charge in [0.15, 0.2) is 0 Å². The first-order chi connectivity index (χ1) is 19.2. The SMILES string of the molecule is CCCc1ccc(-c2cc3ccc(S(=O)(=O)NC4CCC(C(=O)N5CCOC[C@@H]5C(C)C)CC4)cc3n2C)cc1. The summed E-state index contributed by atoms with van der Waals surface area (Å²) in [6, 6.07) is 16.0. The maximum Gasteiger partial charge on any atom is 0.240 e. The first-order valence-electron chi connectivity index (χ1n) is 14.8. The van der Waals surface area contributed by atoms with Crippen LogP contribution in [0.15, 0.2) is 53.4 Å². The molecule has 2 fully saturated rings. The highest BCUT2D eigenvalue weighted by molar-refractivity contribution is 7.89. The molecule has 8 heteroatoms. The topological polar surface area (TPSA) is 80.6 Å². The van der Waals surface area contributed by atoms with E-state index < -0.39 is 10.0 Å². The van der Waals surface area contributed by atoms with Gasteiger partial charge in [-0.2, -0.15) is 0 Å². The molecule has 0 spiro atoms. The molecule has 0 unspecified atom stereocenters. The van der Waals surface area contributed by atoms with Crippen molar-refractivity contribution in [3.8, 4) is 11.3 Å². The lowest BCUT2D eigenvalue weighted by Crippen LogP contribution is -2.53. The van der Waals surface area contributed by atoms with Crippen LogP contribution < -0.4 is 4.72 Å². The lowest BCUT2D eigenvalue weighted by molar-refractivity contribution is -0.147. The van der Waals surface area contributed by atoms with Gasteiger partial charge in [-0.1, -0.05) is 57.5 Å². The molecule has 0 bridgehead atoms. The van der Waals surface area contributed by atoms with Gasteiger partial charge in [0.1, 0.15) is 0 Å². The molecule has 1 atom stereocenters. The summed E-state index contributed by atoms with van der Waals surface area (Å²) in [5.74, 6) is 0.499. The third-order valence-corrected chi connectivity index (χ3v) is 10.3. The standard InChI is InChI=1S/C32H43N3O4S/c1-5-6-23-7-9-24(10-8-23)29-19-26-13-16-28(20-30(26)34(29)4)40(37,38)33-27-14-11-25(12-15-27)32(36)35-17-18-39-21-31(35)22(2)3/h7-10,13,16,19-20,22,25,27,31,33H,5-6,11-12,14-15,17-18,21H2,1-4H3/t25?,27?,31-/m1/s1. The number of morpholine rings is 1. The van der Waals surface area contributed by atoms with E-state index in [1.165, 1.54) is 5.56 Å². The maximum atomic E-state index is 13.4. The van der Waals surface area contributed by atoms with Crippen molar-refractivity contribution >= 4 is 26.8 Å². The van der Waals surface area contributed by atoms with E-state index in [0.717, 1.165) is 35.0 Å². The predicted octanol–water partition coefficient (Wildman–Crippen LogP) is 5.52. The Morgan fingerprint density at radius 3 is 2.45 bits per heavy atom. The van der Waals surface area contributed by atoms with E-state index in [2.05, 4.69) is 60.4 Å². The maximum absolute atomic E-state index is 13.4. The molecule has 7 nitrogen and oxygen atoms in total. The minimum Gasteiger partial charge on any atom is -0.377 e. The van der Waals surface area contributed by atoms with Crippen LogP contribution in [0.5, 0.6) is 0 Å². The number of hydrogen-bond donors (Lipinski definition) is 1. The van der Waals surface area contributed by atoms with Gasteiger partial charge >= 0.3 is 0 Å². The van der Waals surface area contributed by atoms with Gasteiger partial charge in [-0.3, -0.25) is 4.79 Å². The van der Waals surface area contributed by atoms with Crippen molar-refractivity contribution in [1.82, 2.24) is 14.2 Å². The first kappa shape index (κ1) is 28.8. The molecule has 40 heavy (non-hydrogen) atoms. The number of aryl methyl sites for hydroxylation is 2. The molecule has 1 aromatic heterocycles. The van der Waals surface area contributed by atoms with E-state index in [1.54, 1.807) is 12.1 Å². The van der Waals surface area contributed by atoms with Crippen molar-refractivity contribution in [1.29, 1.82) is 0 Å². The van der Waals surface area contributed by atoms with Gasteiger partial charge in [0.05, 0.1) is 24.2 Å². The number of aromatic nitrogens is 1. The molecule has 2 heterocycles. The number of carbonyl (C=O) groups excluding carboxylic acids is 1. The Morgan fingerprint density at radius 1 is 1.05 bits per heavy atom. The van der Waals surface area contributed by atoms with E-state index in [-0.39, 0.29) is 28.8 Å². The summed E-state index contributed by atoms with van der Waals surface area (Å²) < 4.78 is 37.4. The minimum atomic E-state index is -3.69. The Morgan fingerprint density at radius 2 is 1.77 bits per heavy atom. The highest BCUT2D eigenvalue weighted by Gasteiger charge is 2.36. The molecule has 5 rings (SSSR count). The van der Waals surface area contributed by atoms with Gasteiger partial charge in [-0.25, -0.2) is 13.1 Å². The van der Waals surface area contributed by atoms with Crippen LogP contribution in [0.1, 0.15) is 58.4 Å². The quantitative estimate of drug-likeness (QED) is 0.390. The molecule has 1 saturated heterocycles. The van der Waals surface area contributed by atoms with Gasteiger partial charge in [0.25, 0.3) is 0 Å². The van der Waals surface area contributed by atoms with Gasteiger partial charge in [0, 0.05) is 42.1 Å². The van der Waals surface area contributed by atoms with Crippen LogP contribution >= 0.6 is 0 Å². The Kier molecular flexibility index (Phi) is 8.69. The zero-order valence-electron chi connectivity index (χ0n) is 24.2. The van der Waals surface area contributed by atoms with Crippen LogP contribution in [0.25, 0.3) is 22.2 Å². The summed E-state index contributed by atoms with van der Waals surface area (Å²) in [6.07, 6.45) is 4.91. The number of amides is 1. The van der Waals surface area contributed by atoms with Crippen molar-refractivity contribution in [3.05, 3.63) is 54.1 Å². The van der Waals surface area contributed by atoms with Crippen LogP contribution in [0, 0.1) is 11.8 Å². The van der Waals surface area contributed by atoms with E-state index >= 15 is 0 Å². The largest absolute Gasteiger partial charge is 0.377 e. The lowest BCUT2D eigenvalue weighted by Gasteiger charge is -2.41. The van der Waals surface area contributed by atoms with Gasteiger partial charge in [-0.05, 0) is 67.3 Å². The average molecular weight is 566 g/mol. The van der Waals surface area contributed by atoms with Gasteiger partial charge in [-0.15, -0.1) is 0 Å². The van der Waals surface area contributed by atoms with Crippen LogP contribution in [-0.4, -0.2) is 55.6 Å². The third-order valence-electron chi connectivity index (χ3n) is 8.73. The summed E-state index contributed by atoms with van der Waals surface area (Å²) in [4.78, 5) is 15.6. The summed E-state index contributed by atoms with van der Waals surface area (Å²) in [6.45, 7) is 8.26. The number of ether oxygens (including phenoxy) is 1. The summed E-state index contributed by atoms with van der Waals surface area (Å²) in [7, 11) is -1.70. The molecule has 216 valence electrons. The fourth-order valence-electron chi connectivity index (χ4n) is 6.31. The van der Waals surface area contributed by atoms with Crippen molar-refractivity contribution in [2.45, 2.75) is 76.3 Å². The van der Waals surface area contributed by atoms with Crippen LogP contribution in [0.2, 0.25) is 0 Å². The number of rotatable bonds is 8. The summed E-state index contributed by atoms with van der Waals surface area (Å²) in [5.41, 5.74) is 4.38. The van der Waals surface area contributed by atoms with E-state index in [0.29, 0.717) is 51.4 Å². The van der Waals surface area contributed by atoms with Gasteiger partial charge in [0.2, 0.25) is 15.9 Å². The highest BCUT2D eigenvalue weighted by atomic mass is 32.2. The number of hydrogen-bond acceptors (Lipinski definition) is 4. The highest BCUT2D eigenvalue weighted by Crippen LogP contribution is 2.31. The minimum absolute atomic E-state index is 0.0470. The van der Waals surface area contributed by atoms with E-state index in [4.69, 9.17) is 4.74 Å². The predicted molar refractivity (Wildman–Crippen MR) is 160 cm³/mol. The summed E-state index contributed by atoms with van der Waals surface area (Å²) >= 11 is 0. The Hall–Kier alpha value is -2.68. The fraction of sp³-hybridized carbons (Fsp3) is 0.531. The third kappa shape index (κ3) is 5.99. The molecule has 3 aromatic rings. The van der Waals surface area contributed by atoms with E-state index in [1.807, 2.05) is 18.0 Å². The number of fused-ring (bicyclic) bond motifs is 1. The summed E-state index contributed by atoms with van der Waals surface area (Å²) in [5, 5.41) is 1.01. The first-order valence-corrected chi connectivity index (χ1v) is 16.3. The van der Waals surface area contributed by atoms with Crippen LogP contribution in [-0.2, 0) is 33.0 Å². The molecule has 1 saturated carbocycles. The van der Waals surface area contributed by atoms with Crippen molar-refractivity contribution in [2.24, 2.45) is 18.9 Å². The molecule has 0 radical (unpaired) electrons. The number of carbonyl (C=O) groups is 1. The number of benzene rings is 2. The average Bonchev–Trinajstić information content (AvgIpc) is 3.29. The Balaban J connectivity index is 1.25. The van der Waals surface area contributed by atoms with E-state index in [9.17, 15) is 13.2 Å². The zero-order chi connectivity index (χ0) is 28.4. The molecule has 2 aromatic carbocycles. The molecular formula is C32H43N3O4S. The molecule has 1 aliphatic carbocycles. The van der Waals surface area contributed by atoms with Gasteiger partial charge < -0.3 is 14.2 Å². The van der Waals surface area contributed by atoms with Crippen molar-refractivity contribution < 1.29 is 17.9 Å². The molecule has 1 amide bonds. The molecule has 1 aliphatic heterocycles. The van der Waals surface area contributed by atoms with Crippen LogP contribution in [0.3, 0.4) is 0 Å². The molecule has 1 N–H and O–H groups in total. The number of nitrogens with one attached hydrogen (secondary N) is 1. The monoisotopic (exact) mass is 565 g/mol. The lowest BCUT2D eigenvalue weighted by atomic mass is 9.85. The number of sulfonamides is 1. The smallest absolute Gasteiger partial charge is 0.240 e. The number of nitrogens with zero attached hydrogens (tertiary/aromatic N) is 2. The zero-order valence-corrected chi connectivity index (χ0v) is 25.0. The molecule has 2 aliphatic rings.